The van der Waals surface area contributed by atoms with Gasteiger partial charge in [0.05, 0.1) is 16.7 Å². The molecule has 0 aliphatic rings. The maximum atomic E-state index is 12.4. The average molecular weight is 377 g/mol. The lowest BCUT2D eigenvalue weighted by atomic mass is 10.2. The van der Waals surface area contributed by atoms with E-state index in [2.05, 4.69) is 20.5 Å². The Morgan fingerprint density at radius 3 is 2.71 bits per heavy atom. The summed E-state index contributed by atoms with van der Waals surface area (Å²) in [4.78, 5) is 26.3. The van der Waals surface area contributed by atoms with Crippen LogP contribution in [0.15, 0.2) is 70.0 Å². The molecule has 10 nitrogen and oxygen atoms in total. The Morgan fingerprint density at radius 1 is 1.07 bits per heavy atom. The van der Waals surface area contributed by atoms with Gasteiger partial charge in [0, 0.05) is 23.5 Å². The van der Waals surface area contributed by atoms with Gasteiger partial charge in [-0.15, -0.1) is 10.2 Å². The molecule has 28 heavy (non-hydrogen) atoms. The summed E-state index contributed by atoms with van der Waals surface area (Å²) < 4.78 is 10.8. The third-order valence-corrected chi connectivity index (χ3v) is 3.72. The third kappa shape index (κ3) is 3.46. The number of hydrogen-bond acceptors (Lipinski definition) is 8. The number of furan rings is 1. The van der Waals surface area contributed by atoms with E-state index >= 15 is 0 Å². The molecule has 3 heterocycles. The standard InChI is InChI=1S/C18H11N5O5/c24-16(12-8-14(23(25)26)10-19-9-12)20-13-4-1-3-11(7-13)17-21-22-18(28-17)15-5-2-6-27-15/h1-10H,(H,20,24). The lowest BCUT2D eigenvalue weighted by Crippen LogP contribution is -2.12. The summed E-state index contributed by atoms with van der Waals surface area (Å²) in [6.07, 6.45) is 3.82. The van der Waals surface area contributed by atoms with Gasteiger partial charge < -0.3 is 14.2 Å². The molecule has 0 radical (unpaired) electrons. The Balaban J connectivity index is 1.55. The fraction of sp³-hybridized carbons (Fsp3) is 0. The zero-order valence-electron chi connectivity index (χ0n) is 14.1. The number of pyridine rings is 1. The summed E-state index contributed by atoms with van der Waals surface area (Å²) in [6, 6.07) is 11.3. The second kappa shape index (κ2) is 7.11. The number of rotatable bonds is 5. The van der Waals surface area contributed by atoms with Gasteiger partial charge in [-0.25, -0.2) is 0 Å². The number of nitrogens with one attached hydrogen (secondary N) is 1. The van der Waals surface area contributed by atoms with Gasteiger partial charge >= 0.3 is 0 Å². The molecule has 0 fully saturated rings. The van der Waals surface area contributed by atoms with E-state index in [0.717, 1.165) is 12.3 Å². The Hall–Kier alpha value is -4.34. The first-order valence-corrected chi connectivity index (χ1v) is 7.99. The number of benzene rings is 1. The van der Waals surface area contributed by atoms with Gasteiger partial charge in [-0.05, 0) is 30.3 Å². The van der Waals surface area contributed by atoms with E-state index < -0.39 is 10.8 Å². The van der Waals surface area contributed by atoms with Crippen LogP contribution in [-0.4, -0.2) is 26.0 Å². The van der Waals surface area contributed by atoms with Crippen LogP contribution >= 0.6 is 0 Å². The molecule has 1 aromatic carbocycles. The predicted molar refractivity (Wildman–Crippen MR) is 96.3 cm³/mol. The first-order chi connectivity index (χ1) is 13.6. The molecule has 10 heteroatoms. The molecule has 4 rings (SSSR count). The highest BCUT2D eigenvalue weighted by atomic mass is 16.6. The molecule has 3 aromatic heterocycles. The molecule has 1 amide bonds. The highest BCUT2D eigenvalue weighted by Gasteiger charge is 2.15. The second-order valence-corrected chi connectivity index (χ2v) is 5.61. The molecule has 0 atom stereocenters. The Morgan fingerprint density at radius 2 is 1.93 bits per heavy atom. The van der Waals surface area contributed by atoms with Crippen molar-refractivity contribution in [1.82, 2.24) is 15.2 Å². The summed E-state index contributed by atoms with van der Waals surface area (Å²) in [5.74, 6) is 0.396. The summed E-state index contributed by atoms with van der Waals surface area (Å²) in [7, 11) is 0. The number of anilines is 1. The van der Waals surface area contributed by atoms with Crippen LogP contribution in [0.1, 0.15) is 10.4 Å². The van der Waals surface area contributed by atoms with E-state index in [4.69, 9.17) is 8.83 Å². The molecular weight excluding hydrogens is 366 g/mol. The quantitative estimate of drug-likeness (QED) is 0.412. The van der Waals surface area contributed by atoms with E-state index in [0.29, 0.717) is 17.0 Å². The molecule has 0 bridgehead atoms. The molecule has 138 valence electrons. The molecule has 4 aromatic rings. The highest BCUT2D eigenvalue weighted by molar-refractivity contribution is 6.04. The minimum Gasteiger partial charge on any atom is -0.459 e. The number of carbonyl (C=O) groups excluding carboxylic acids is 1. The van der Waals surface area contributed by atoms with Crippen LogP contribution in [0.3, 0.4) is 0 Å². The number of nitrogens with zero attached hydrogens (tertiary/aromatic N) is 4. The first kappa shape index (κ1) is 17.1. The summed E-state index contributed by atoms with van der Waals surface area (Å²) in [5, 5.41) is 21.4. The monoisotopic (exact) mass is 377 g/mol. The average Bonchev–Trinajstić information content (AvgIpc) is 3.40. The van der Waals surface area contributed by atoms with E-state index in [1.165, 1.54) is 12.5 Å². The minimum atomic E-state index is -0.614. The summed E-state index contributed by atoms with van der Waals surface area (Å²) >= 11 is 0. The van der Waals surface area contributed by atoms with Crippen molar-refractivity contribution in [2.24, 2.45) is 0 Å². The van der Waals surface area contributed by atoms with Crippen LogP contribution in [0.25, 0.3) is 23.1 Å². The van der Waals surface area contributed by atoms with Crippen molar-refractivity contribution in [2.45, 2.75) is 0 Å². The van der Waals surface area contributed by atoms with Gasteiger partial charge in [0.25, 0.3) is 17.5 Å². The molecule has 0 saturated heterocycles. The number of amides is 1. The van der Waals surface area contributed by atoms with E-state index in [1.807, 2.05) is 0 Å². The van der Waals surface area contributed by atoms with Crippen LogP contribution in [0, 0.1) is 10.1 Å². The van der Waals surface area contributed by atoms with Crippen molar-refractivity contribution in [3.63, 3.8) is 0 Å². The van der Waals surface area contributed by atoms with E-state index in [9.17, 15) is 14.9 Å². The Labute approximate surface area is 157 Å². The molecule has 0 aliphatic carbocycles. The summed E-state index contributed by atoms with van der Waals surface area (Å²) in [5.41, 5.74) is 0.835. The van der Waals surface area contributed by atoms with Crippen molar-refractivity contribution in [3.8, 4) is 23.1 Å². The molecule has 1 N–H and O–H groups in total. The highest BCUT2D eigenvalue weighted by Crippen LogP contribution is 2.26. The van der Waals surface area contributed by atoms with Crippen LogP contribution < -0.4 is 5.32 Å². The lowest BCUT2D eigenvalue weighted by Gasteiger charge is -2.06. The first-order valence-electron chi connectivity index (χ1n) is 7.99. The van der Waals surface area contributed by atoms with Gasteiger partial charge in [0.15, 0.2) is 5.76 Å². The second-order valence-electron chi connectivity index (χ2n) is 5.61. The van der Waals surface area contributed by atoms with Gasteiger partial charge in [-0.3, -0.25) is 19.9 Å². The molecular formula is C18H11N5O5. The van der Waals surface area contributed by atoms with Crippen molar-refractivity contribution in [3.05, 3.63) is 76.8 Å². The van der Waals surface area contributed by atoms with Crippen molar-refractivity contribution in [2.75, 3.05) is 5.32 Å². The van der Waals surface area contributed by atoms with Crippen LogP contribution in [-0.2, 0) is 0 Å². The zero-order chi connectivity index (χ0) is 19.5. The van der Waals surface area contributed by atoms with Crippen LogP contribution in [0.4, 0.5) is 11.4 Å². The zero-order valence-corrected chi connectivity index (χ0v) is 14.1. The minimum absolute atomic E-state index is 0.0671. The number of carbonyl (C=O) groups is 1. The molecule has 0 unspecified atom stereocenters. The van der Waals surface area contributed by atoms with Crippen LogP contribution in [0.2, 0.25) is 0 Å². The number of aromatic nitrogens is 3. The fourth-order valence-corrected chi connectivity index (χ4v) is 2.42. The van der Waals surface area contributed by atoms with Crippen molar-refractivity contribution >= 4 is 17.3 Å². The molecule has 0 saturated carbocycles. The maximum Gasteiger partial charge on any atom is 0.288 e. The largest absolute Gasteiger partial charge is 0.459 e. The van der Waals surface area contributed by atoms with Crippen LogP contribution in [0.5, 0.6) is 0 Å². The normalized spacial score (nSPS) is 10.6. The van der Waals surface area contributed by atoms with Gasteiger partial charge in [-0.2, -0.15) is 0 Å². The SMILES string of the molecule is O=C(Nc1cccc(-c2nnc(-c3ccco3)o2)c1)c1cncc([N+](=O)[O-])c1. The van der Waals surface area contributed by atoms with Gasteiger partial charge in [-0.1, -0.05) is 6.07 Å². The molecule has 0 spiro atoms. The number of hydrogen-bond donors (Lipinski definition) is 1. The smallest absolute Gasteiger partial charge is 0.288 e. The third-order valence-electron chi connectivity index (χ3n) is 3.72. The Bertz CT molecular complexity index is 1150. The predicted octanol–water partition coefficient (Wildman–Crippen LogP) is 3.55. The topological polar surface area (TPSA) is 137 Å². The number of nitro groups is 1. The van der Waals surface area contributed by atoms with Crippen molar-refractivity contribution < 1.29 is 18.6 Å². The maximum absolute atomic E-state index is 12.4. The molecule has 0 aliphatic heterocycles. The van der Waals surface area contributed by atoms with E-state index in [1.54, 1.807) is 36.4 Å². The van der Waals surface area contributed by atoms with Crippen molar-refractivity contribution in [1.29, 1.82) is 0 Å². The lowest BCUT2D eigenvalue weighted by molar-refractivity contribution is -0.385. The van der Waals surface area contributed by atoms with Gasteiger partial charge in [0.1, 0.15) is 6.20 Å². The fourth-order valence-electron chi connectivity index (χ4n) is 2.42. The Kier molecular flexibility index (Phi) is 4.34. The summed E-state index contributed by atoms with van der Waals surface area (Å²) in [6.45, 7) is 0. The van der Waals surface area contributed by atoms with E-state index in [-0.39, 0.29) is 23.0 Å². The van der Waals surface area contributed by atoms with Gasteiger partial charge in [0.2, 0.25) is 5.89 Å².